The number of hydrogen-bond acceptors (Lipinski definition) is 10. The lowest BCUT2D eigenvalue weighted by Gasteiger charge is -2.08. The molecule has 3 aromatic rings. The third kappa shape index (κ3) is 7.89. The van der Waals surface area contributed by atoms with Gasteiger partial charge in [0, 0.05) is 39.6 Å². The minimum Gasteiger partial charge on any atom is -0.497 e. The zero-order valence-electron chi connectivity index (χ0n) is 20.6. The normalized spacial score (nSPS) is 10.8. The number of Topliss-reactive ketones (excluding diaryl/α,β-unsaturated/α-hetero) is 1. The Balaban J connectivity index is 1.65. The quantitative estimate of drug-likeness (QED) is 0.0646. The van der Waals surface area contributed by atoms with Crippen molar-refractivity contribution < 1.29 is 33.8 Å². The predicted octanol–water partition coefficient (Wildman–Crippen LogP) is 4.93. The number of hydrogen-bond donors (Lipinski definition) is 0. The van der Waals surface area contributed by atoms with E-state index in [-0.39, 0.29) is 31.3 Å². The fourth-order valence-corrected chi connectivity index (χ4v) is 5.49. The SMILES string of the molecule is COc1ccc2c(c1)c(CC(=O)CC(=O)OCCSSCCO[N+](=O)[O-])c(C)n2C(=O)c1ccc(Cl)cc1. The van der Waals surface area contributed by atoms with Gasteiger partial charge in [-0.3, -0.25) is 19.0 Å². The standard InChI is InChI=1S/C25H25ClN2O8S2/c1-16-21(13-19(29)14-24(30)35-9-11-37-38-12-10-36-28(32)33)22-15-20(34-2)7-8-23(22)27(16)25(31)17-3-5-18(26)6-4-17/h3-8,15H,9-14H2,1-2H3. The van der Waals surface area contributed by atoms with Gasteiger partial charge in [0.05, 0.1) is 12.6 Å². The van der Waals surface area contributed by atoms with E-state index >= 15 is 0 Å². The fraction of sp³-hybridized carbons (Fsp3) is 0.320. The predicted molar refractivity (Wildman–Crippen MR) is 147 cm³/mol. The van der Waals surface area contributed by atoms with Crippen LogP contribution in [0.3, 0.4) is 0 Å². The molecule has 0 saturated carbocycles. The van der Waals surface area contributed by atoms with E-state index in [0.717, 1.165) is 0 Å². The number of ketones is 1. The first kappa shape index (κ1) is 29.3. The lowest BCUT2D eigenvalue weighted by atomic mass is 10.0. The molecule has 0 amide bonds. The number of benzene rings is 2. The molecular formula is C25H25ClN2O8S2. The Hall–Kier alpha value is -3.22. The van der Waals surface area contributed by atoms with Crippen LogP contribution in [0, 0.1) is 17.0 Å². The molecule has 0 aliphatic rings. The summed E-state index contributed by atoms with van der Waals surface area (Å²) in [5.74, 6) is 0.180. The van der Waals surface area contributed by atoms with E-state index < -0.39 is 17.5 Å². The zero-order chi connectivity index (χ0) is 27.7. The van der Waals surface area contributed by atoms with Crippen LogP contribution < -0.4 is 4.74 Å². The average molecular weight is 581 g/mol. The summed E-state index contributed by atoms with van der Waals surface area (Å²) >= 11 is 5.97. The molecule has 3 rings (SSSR count). The number of halogens is 1. The van der Waals surface area contributed by atoms with Crippen LogP contribution in [-0.4, -0.2) is 59.1 Å². The maximum absolute atomic E-state index is 13.4. The molecule has 0 spiro atoms. The van der Waals surface area contributed by atoms with Crippen molar-refractivity contribution in [1.29, 1.82) is 0 Å². The topological polar surface area (TPSA) is 127 Å². The third-order valence-corrected chi connectivity index (χ3v) is 8.01. The Kier molecular flexibility index (Phi) is 10.9. The number of carbonyl (C=O) groups is 3. The molecule has 0 unspecified atom stereocenters. The Morgan fingerprint density at radius 2 is 1.74 bits per heavy atom. The van der Waals surface area contributed by atoms with Crippen LogP contribution in [0.25, 0.3) is 10.9 Å². The van der Waals surface area contributed by atoms with Gasteiger partial charge in [-0.05, 0) is 55.0 Å². The molecule has 38 heavy (non-hydrogen) atoms. The summed E-state index contributed by atoms with van der Waals surface area (Å²) in [5, 5.41) is 10.4. The van der Waals surface area contributed by atoms with Gasteiger partial charge in [-0.15, -0.1) is 10.1 Å². The van der Waals surface area contributed by atoms with Crippen molar-refractivity contribution in [1.82, 2.24) is 4.57 Å². The highest BCUT2D eigenvalue weighted by Gasteiger charge is 2.23. The molecule has 1 heterocycles. The average Bonchev–Trinajstić information content (AvgIpc) is 3.15. The maximum Gasteiger partial charge on any atom is 0.313 e. The summed E-state index contributed by atoms with van der Waals surface area (Å²) in [4.78, 5) is 52.6. The monoisotopic (exact) mass is 580 g/mol. The number of rotatable bonds is 14. The van der Waals surface area contributed by atoms with Gasteiger partial charge in [0.2, 0.25) is 0 Å². The largest absolute Gasteiger partial charge is 0.497 e. The van der Waals surface area contributed by atoms with Crippen LogP contribution in [0.5, 0.6) is 5.75 Å². The van der Waals surface area contributed by atoms with Crippen molar-refractivity contribution in [2.45, 2.75) is 19.8 Å². The minimum absolute atomic E-state index is 0.0219. The van der Waals surface area contributed by atoms with Crippen molar-refractivity contribution in [3.8, 4) is 5.75 Å². The Morgan fingerprint density at radius 3 is 2.39 bits per heavy atom. The third-order valence-electron chi connectivity index (χ3n) is 5.43. The molecule has 202 valence electrons. The molecule has 1 aromatic heterocycles. The molecule has 0 N–H and O–H groups in total. The summed E-state index contributed by atoms with van der Waals surface area (Å²) < 4.78 is 12.0. The van der Waals surface area contributed by atoms with Gasteiger partial charge in [-0.2, -0.15) is 0 Å². The number of ether oxygens (including phenoxy) is 2. The Labute approximate surface area is 231 Å². The van der Waals surface area contributed by atoms with Crippen molar-refractivity contribution in [3.05, 3.63) is 74.4 Å². The first-order chi connectivity index (χ1) is 18.2. The first-order valence-corrected chi connectivity index (χ1v) is 14.2. The summed E-state index contributed by atoms with van der Waals surface area (Å²) in [6.07, 6.45) is -0.470. The van der Waals surface area contributed by atoms with E-state index in [1.54, 1.807) is 54.0 Å². The maximum atomic E-state index is 13.4. The highest BCUT2D eigenvalue weighted by molar-refractivity contribution is 8.76. The lowest BCUT2D eigenvalue weighted by Crippen LogP contribution is -2.16. The van der Waals surface area contributed by atoms with Crippen LogP contribution >= 0.6 is 33.2 Å². The molecule has 10 nitrogen and oxygen atoms in total. The number of esters is 1. The van der Waals surface area contributed by atoms with E-state index in [9.17, 15) is 24.5 Å². The highest BCUT2D eigenvalue weighted by atomic mass is 35.5. The number of nitrogens with zero attached hydrogens (tertiary/aromatic N) is 2. The van der Waals surface area contributed by atoms with Crippen LogP contribution in [0.1, 0.15) is 28.0 Å². The molecule has 0 atom stereocenters. The van der Waals surface area contributed by atoms with Crippen LogP contribution in [0.4, 0.5) is 0 Å². The van der Waals surface area contributed by atoms with Gasteiger partial charge in [-0.25, -0.2) is 0 Å². The molecular weight excluding hydrogens is 556 g/mol. The Morgan fingerprint density at radius 1 is 1.05 bits per heavy atom. The van der Waals surface area contributed by atoms with Gasteiger partial charge in [0.25, 0.3) is 11.0 Å². The summed E-state index contributed by atoms with van der Waals surface area (Å²) in [5.41, 5.74) is 2.27. The molecule has 13 heteroatoms. The second kappa shape index (κ2) is 14.1. The van der Waals surface area contributed by atoms with E-state index in [1.807, 2.05) is 0 Å². The van der Waals surface area contributed by atoms with Gasteiger partial charge in [0.1, 0.15) is 31.2 Å². The number of methoxy groups -OCH3 is 1. The number of carbonyl (C=O) groups excluding carboxylic acids is 3. The van der Waals surface area contributed by atoms with Crippen molar-refractivity contribution in [2.24, 2.45) is 0 Å². The van der Waals surface area contributed by atoms with Gasteiger partial charge in [-0.1, -0.05) is 33.2 Å². The fourth-order valence-electron chi connectivity index (χ4n) is 3.72. The smallest absolute Gasteiger partial charge is 0.313 e. The summed E-state index contributed by atoms with van der Waals surface area (Å²) in [6, 6.07) is 11.8. The minimum atomic E-state index is -0.850. The number of aromatic nitrogens is 1. The van der Waals surface area contributed by atoms with Gasteiger partial charge < -0.3 is 14.3 Å². The molecule has 0 aliphatic heterocycles. The van der Waals surface area contributed by atoms with Gasteiger partial charge >= 0.3 is 5.97 Å². The summed E-state index contributed by atoms with van der Waals surface area (Å²) in [7, 11) is 4.26. The van der Waals surface area contributed by atoms with E-state index in [1.165, 1.54) is 28.7 Å². The van der Waals surface area contributed by atoms with E-state index in [0.29, 0.717) is 50.0 Å². The highest BCUT2D eigenvalue weighted by Crippen LogP contribution is 2.31. The van der Waals surface area contributed by atoms with Crippen molar-refractivity contribution in [3.63, 3.8) is 0 Å². The van der Waals surface area contributed by atoms with Crippen molar-refractivity contribution in [2.75, 3.05) is 31.8 Å². The Bertz CT molecular complexity index is 1330. The van der Waals surface area contributed by atoms with E-state index in [2.05, 4.69) is 4.84 Å². The van der Waals surface area contributed by atoms with Crippen LogP contribution in [0.2, 0.25) is 5.02 Å². The molecule has 0 aliphatic carbocycles. The number of fused-ring (bicyclic) bond motifs is 1. The second-order valence-corrected chi connectivity index (χ2v) is 11.0. The van der Waals surface area contributed by atoms with Crippen LogP contribution in [0.15, 0.2) is 42.5 Å². The summed E-state index contributed by atoms with van der Waals surface area (Å²) in [6.45, 7) is 1.84. The van der Waals surface area contributed by atoms with E-state index in [4.69, 9.17) is 21.1 Å². The zero-order valence-corrected chi connectivity index (χ0v) is 23.0. The first-order valence-electron chi connectivity index (χ1n) is 11.4. The molecule has 0 saturated heterocycles. The molecule has 0 bridgehead atoms. The molecule has 2 aromatic carbocycles. The molecule has 0 radical (unpaired) electrons. The van der Waals surface area contributed by atoms with Crippen LogP contribution in [-0.2, 0) is 25.6 Å². The van der Waals surface area contributed by atoms with Gasteiger partial charge in [0.15, 0.2) is 0 Å². The van der Waals surface area contributed by atoms with Crippen molar-refractivity contribution >= 4 is 61.8 Å². The second-order valence-electron chi connectivity index (χ2n) is 7.91. The lowest BCUT2D eigenvalue weighted by molar-refractivity contribution is -0.756. The molecule has 0 fully saturated rings.